The van der Waals surface area contributed by atoms with Gasteiger partial charge in [0.2, 0.25) is 5.91 Å². The van der Waals surface area contributed by atoms with Crippen LogP contribution in [0.5, 0.6) is 11.5 Å². The van der Waals surface area contributed by atoms with E-state index in [1.807, 2.05) is 87.5 Å². The van der Waals surface area contributed by atoms with Crippen LogP contribution in [0.15, 0.2) is 66.7 Å². The maximum absolute atomic E-state index is 13.9. The number of anilines is 1. The maximum atomic E-state index is 13.9. The Labute approximate surface area is 205 Å². The van der Waals surface area contributed by atoms with Crippen molar-refractivity contribution >= 4 is 17.6 Å². The van der Waals surface area contributed by atoms with Crippen molar-refractivity contribution in [1.82, 2.24) is 10.2 Å². The van der Waals surface area contributed by atoms with Crippen LogP contribution >= 0.6 is 0 Å². The van der Waals surface area contributed by atoms with Gasteiger partial charge in [0.15, 0.2) is 17.2 Å². The fraction of sp³-hybridized carbons (Fsp3) is 0.286. The Balaban J connectivity index is 1.59. The molecule has 2 heterocycles. The standard InChI is InChI=1S/C28H29N3O4/c1-17-13-14-21(18(2)15-17)29-26(32)23-24-20-11-8-12-22(34-4)25(20)35-28(23,3)31(27(33)30-24)16-19-9-6-5-7-10-19/h5-15,23-24H,16H2,1-4H3,(H,29,32)(H,30,33)/t23-,24+,28+/m0/s1. The number of carbonyl (C=O) groups excluding carboxylic acids is 2. The highest BCUT2D eigenvalue weighted by Gasteiger charge is 2.60. The first-order valence-corrected chi connectivity index (χ1v) is 11.7. The molecule has 3 atom stereocenters. The summed E-state index contributed by atoms with van der Waals surface area (Å²) < 4.78 is 12.1. The lowest BCUT2D eigenvalue weighted by molar-refractivity contribution is -0.155. The molecule has 0 aromatic heterocycles. The number of aryl methyl sites for hydroxylation is 2. The van der Waals surface area contributed by atoms with Crippen LogP contribution in [-0.2, 0) is 11.3 Å². The van der Waals surface area contributed by atoms with Crippen molar-refractivity contribution in [2.75, 3.05) is 12.4 Å². The predicted molar refractivity (Wildman–Crippen MR) is 133 cm³/mol. The van der Waals surface area contributed by atoms with Crippen molar-refractivity contribution in [2.24, 2.45) is 5.92 Å². The topological polar surface area (TPSA) is 79.9 Å². The second-order valence-electron chi connectivity index (χ2n) is 9.32. The SMILES string of the molecule is COc1cccc2c1O[C@]1(C)[C@H](C(=O)Nc3ccc(C)cc3C)[C@@H]2NC(=O)N1Cc1ccccc1. The molecule has 2 aliphatic heterocycles. The number of nitrogens with zero attached hydrogens (tertiary/aromatic N) is 1. The lowest BCUT2D eigenvalue weighted by atomic mass is 9.78. The molecule has 3 aromatic rings. The maximum Gasteiger partial charge on any atom is 0.321 e. The molecule has 3 aromatic carbocycles. The molecule has 0 radical (unpaired) electrons. The summed E-state index contributed by atoms with van der Waals surface area (Å²) in [6.45, 7) is 6.07. The Kier molecular flexibility index (Phi) is 5.63. The van der Waals surface area contributed by atoms with Gasteiger partial charge in [-0.1, -0.05) is 60.2 Å². The van der Waals surface area contributed by atoms with Crippen LogP contribution in [0.1, 0.15) is 35.2 Å². The Bertz CT molecular complexity index is 1290. The fourth-order valence-electron chi connectivity index (χ4n) is 5.16. The third-order valence-electron chi connectivity index (χ3n) is 6.95. The van der Waals surface area contributed by atoms with E-state index in [1.165, 1.54) is 0 Å². The number of carbonyl (C=O) groups is 2. The zero-order chi connectivity index (χ0) is 24.7. The van der Waals surface area contributed by atoms with Gasteiger partial charge in [0.05, 0.1) is 19.7 Å². The average molecular weight is 472 g/mol. The molecule has 0 unspecified atom stereocenters. The van der Waals surface area contributed by atoms with E-state index in [0.717, 1.165) is 27.9 Å². The van der Waals surface area contributed by atoms with Crippen LogP contribution < -0.4 is 20.1 Å². The zero-order valence-corrected chi connectivity index (χ0v) is 20.3. The molecular weight excluding hydrogens is 442 g/mol. The molecule has 2 N–H and O–H groups in total. The molecule has 7 nitrogen and oxygen atoms in total. The summed E-state index contributed by atoms with van der Waals surface area (Å²) in [4.78, 5) is 28.9. The summed E-state index contributed by atoms with van der Waals surface area (Å²) >= 11 is 0. The Morgan fingerprint density at radius 3 is 2.60 bits per heavy atom. The minimum Gasteiger partial charge on any atom is -0.493 e. The van der Waals surface area contributed by atoms with Gasteiger partial charge in [0.25, 0.3) is 0 Å². The molecule has 0 spiro atoms. The van der Waals surface area contributed by atoms with Crippen molar-refractivity contribution in [3.8, 4) is 11.5 Å². The van der Waals surface area contributed by atoms with E-state index in [1.54, 1.807) is 12.0 Å². The number of rotatable bonds is 5. The van der Waals surface area contributed by atoms with Crippen LogP contribution in [-0.4, -0.2) is 29.7 Å². The van der Waals surface area contributed by atoms with Gasteiger partial charge in [-0.3, -0.25) is 9.69 Å². The van der Waals surface area contributed by atoms with Crippen molar-refractivity contribution in [3.63, 3.8) is 0 Å². The summed E-state index contributed by atoms with van der Waals surface area (Å²) in [6, 6.07) is 20.2. The van der Waals surface area contributed by atoms with Gasteiger partial charge in [0.1, 0.15) is 5.92 Å². The number of benzene rings is 3. The van der Waals surface area contributed by atoms with Crippen LogP contribution in [0.3, 0.4) is 0 Å². The molecule has 0 saturated carbocycles. The molecular formula is C28H29N3O4. The molecule has 1 fully saturated rings. The van der Waals surface area contributed by atoms with Gasteiger partial charge >= 0.3 is 6.03 Å². The number of methoxy groups -OCH3 is 1. The van der Waals surface area contributed by atoms with Crippen molar-refractivity contribution < 1.29 is 19.1 Å². The fourth-order valence-corrected chi connectivity index (χ4v) is 5.16. The van der Waals surface area contributed by atoms with Gasteiger partial charge < -0.3 is 20.1 Å². The van der Waals surface area contributed by atoms with Crippen molar-refractivity contribution in [3.05, 3.63) is 89.0 Å². The Hall–Kier alpha value is -4.00. The zero-order valence-electron chi connectivity index (χ0n) is 20.3. The number of fused-ring (bicyclic) bond motifs is 4. The number of amides is 3. The first-order chi connectivity index (χ1) is 16.8. The molecule has 0 aliphatic carbocycles. The van der Waals surface area contributed by atoms with Gasteiger partial charge in [0, 0.05) is 11.3 Å². The van der Waals surface area contributed by atoms with E-state index < -0.39 is 17.7 Å². The number of urea groups is 1. The molecule has 3 amide bonds. The number of para-hydroxylation sites is 1. The monoisotopic (exact) mass is 471 g/mol. The smallest absolute Gasteiger partial charge is 0.321 e. The molecule has 35 heavy (non-hydrogen) atoms. The normalized spacial score (nSPS) is 22.5. The Morgan fingerprint density at radius 1 is 1.11 bits per heavy atom. The number of hydrogen-bond donors (Lipinski definition) is 2. The van der Waals surface area contributed by atoms with E-state index in [2.05, 4.69) is 10.6 Å². The van der Waals surface area contributed by atoms with Gasteiger partial charge in [-0.2, -0.15) is 0 Å². The van der Waals surface area contributed by atoms with Crippen LogP contribution in [0.2, 0.25) is 0 Å². The molecule has 1 saturated heterocycles. The van der Waals surface area contributed by atoms with E-state index in [-0.39, 0.29) is 18.5 Å². The molecule has 5 rings (SSSR count). The second-order valence-corrected chi connectivity index (χ2v) is 9.32. The van der Waals surface area contributed by atoms with Gasteiger partial charge in [-0.15, -0.1) is 0 Å². The minimum absolute atomic E-state index is 0.226. The first kappa shape index (κ1) is 22.8. The lowest BCUT2D eigenvalue weighted by Crippen LogP contribution is -2.71. The van der Waals surface area contributed by atoms with E-state index in [4.69, 9.17) is 9.47 Å². The Morgan fingerprint density at radius 2 is 1.89 bits per heavy atom. The van der Waals surface area contributed by atoms with E-state index >= 15 is 0 Å². The highest BCUT2D eigenvalue weighted by atomic mass is 16.5. The molecule has 7 heteroatoms. The van der Waals surface area contributed by atoms with Gasteiger partial charge in [-0.25, -0.2) is 4.79 Å². The number of nitrogens with one attached hydrogen (secondary N) is 2. The van der Waals surface area contributed by atoms with Crippen molar-refractivity contribution in [1.29, 1.82) is 0 Å². The summed E-state index contributed by atoms with van der Waals surface area (Å²) in [7, 11) is 1.58. The summed E-state index contributed by atoms with van der Waals surface area (Å²) in [5, 5.41) is 6.17. The number of ether oxygens (including phenoxy) is 2. The highest BCUT2D eigenvalue weighted by Crippen LogP contribution is 2.51. The van der Waals surface area contributed by atoms with Crippen LogP contribution in [0.25, 0.3) is 0 Å². The highest BCUT2D eigenvalue weighted by molar-refractivity contribution is 5.96. The lowest BCUT2D eigenvalue weighted by Gasteiger charge is -2.54. The summed E-state index contributed by atoms with van der Waals surface area (Å²) in [5.74, 6) is 0.152. The third-order valence-corrected chi connectivity index (χ3v) is 6.95. The summed E-state index contributed by atoms with van der Waals surface area (Å²) in [6.07, 6.45) is 0. The molecule has 2 aliphatic rings. The van der Waals surface area contributed by atoms with Crippen molar-refractivity contribution in [2.45, 2.75) is 39.1 Å². The molecule has 180 valence electrons. The van der Waals surface area contributed by atoms with E-state index in [0.29, 0.717) is 11.5 Å². The van der Waals surface area contributed by atoms with Crippen LogP contribution in [0, 0.1) is 19.8 Å². The second kappa shape index (κ2) is 8.65. The average Bonchev–Trinajstić information content (AvgIpc) is 2.83. The summed E-state index contributed by atoms with van der Waals surface area (Å²) in [5.41, 5.74) is 3.22. The third kappa shape index (κ3) is 3.87. The number of hydrogen-bond acceptors (Lipinski definition) is 4. The predicted octanol–water partition coefficient (Wildman–Crippen LogP) is 4.94. The quantitative estimate of drug-likeness (QED) is 0.552. The van der Waals surface area contributed by atoms with E-state index in [9.17, 15) is 9.59 Å². The van der Waals surface area contributed by atoms with Crippen LogP contribution in [0.4, 0.5) is 10.5 Å². The first-order valence-electron chi connectivity index (χ1n) is 11.7. The van der Waals surface area contributed by atoms with Gasteiger partial charge in [-0.05, 0) is 44.0 Å². The minimum atomic E-state index is -1.26. The molecule has 2 bridgehead atoms. The largest absolute Gasteiger partial charge is 0.493 e.